The van der Waals surface area contributed by atoms with Crippen molar-refractivity contribution >= 4 is 12.1 Å². The summed E-state index contributed by atoms with van der Waals surface area (Å²) < 4.78 is 14.1. The van der Waals surface area contributed by atoms with Crippen LogP contribution in [0, 0.1) is 12.8 Å². The molecule has 1 aromatic rings. The number of terminal acetylenes is 1. The van der Waals surface area contributed by atoms with Crippen LogP contribution in [0.5, 0.6) is 0 Å². The predicted octanol–water partition coefficient (Wildman–Crippen LogP) is 2.51. The van der Waals surface area contributed by atoms with E-state index in [0.29, 0.717) is 12.8 Å². The Labute approximate surface area is 125 Å². The number of aryl methyl sites for hydroxylation is 1. The highest BCUT2D eigenvalue weighted by Gasteiger charge is 2.12. The first-order valence-corrected chi connectivity index (χ1v) is 6.15. The summed E-state index contributed by atoms with van der Waals surface area (Å²) in [5.41, 5.74) is 4.26. The van der Waals surface area contributed by atoms with Crippen LogP contribution in [0.1, 0.15) is 33.0 Å². The number of carbonyl (C=O) groups excluding carboxylic acids is 2. The van der Waals surface area contributed by atoms with Gasteiger partial charge in [0.25, 0.3) is 0 Å². The van der Waals surface area contributed by atoms with Crippen LogP contribution in [0.4, 0.5) is 4.79 Å². The third-order valence-electron chi connectivity index (χ3n) is 1.79. The molecule has 0 fully saturated rings. The van der Waals surface area contributed by atoms with Crippen LogP contribution in [0.2, 0.25) is 0 Å². The highest BCUT2D eigenvalue weighted by Crippen LogP contribution is 2.05. The minimum absolute atomic E-state index is 0.207. The maximum Gasteiger partial charge on any atom is 0.405 e. The lowest BCUT2D eigenvalue weighted by Crippen LogP contribution is -2.27. The van der Waals surface area contributed by atoms with Gasteiger partial charge in [0.15, 0.2) is 0 Å². The molecule has 1 heterocycles. The van der Waals surface area contributed by atoms with Crippen molar-refractivity contribution in [3.63, 3.8) is 0 Å². The summed E-state index contributed by atoms with van der Waals surface area (Å²) in [6, 6.07) is 3.63. The number of ether oxygens (including phenoxy) is 2. The van der Waals surface area contributed by atoms with Crippen LogP contribution in [-0.2, 0) is 20.7 Å². The molecule has 2 N–H and O–H groups in total. The van der Waals surface area contributed by atoms with Crippen molar-refractivity contribution in [1.82, 2.24) is 0 Å². The van der Waals surface area contributed by atoms with Gasteiger partial charge in [-0.05, 0) is 32.9 Å². The van der Waals surface area contributed by atoms with Gasteiger partial charge in [-0.2, -0.15) is 0 Å². The Hall–Kier alpha value is -2.42. The largest absolute Gasteiger partial charge is 0.469 e. The summed E-state index contributed by atoms with van der Waals surface area (Å²) in [6.45, 7) is 5.28. The lowest BCUT2D eigenvalue weighted by molar-refractivity contribution is -0.140. The van der Waals surface area contributed by atoms with E-state index in [1.165, 1.54) is 7.11 Å². The van der Waals surface area contributed by atoms with E-state index in [0.717, 1.165) is 5.76 Å². The number of nitrogens with two attached hydrogens (primary N) is 1. The van der Waals surface area contributed by atoms with E-state index in [1.807, 2.05) is 6.07 Å². The molecule has 21 heavy (non-hydrogen) atoms. The van der Waals surface area contributed by atoms with Crippen LogP contribution in [0.15, 0.2) is 22.8 Å². The fourth-order valence-electron chi connectivity index (χ4n) is 1.08. The molecule has 0 aliphatic heterocycles. The number of hydrogen-bond donors (Lipinski definition) is 1. The molecule has 0 aliphatic carbocycles. The Morgan fingerprint density at radius 2 is 1.90 bits per heavy atom. The number of esters is 1. The van der Waals surface area contributed by atoms with E-state index in [1.54, 1.807) is 33.1 Å². The van der Waals surface area contributed by atoms with E-state index < -0.39 is 11.7 Å². The summed E-state index contributed by atoms with van der Waals surface area (Å²) >= 11 is 0. The lowest BCUT2D eigenvalue weighted by atomic mass is 10.2. The zero-order chi connectivity index (χ0) is 16.9. The summed E-state index contributed by atoms with van der Waals surface area (Å²) in [5.74, 6) is 0.608. The number of hydrogen-bond acceptors (Lipinski definition) is 5. The number of primary amides is 1. The quantitative estimate of drug-likeness (QED) is 0.683. The molecule has 0 aromatic carbocycles. The van der Waals surface area contributed by atoms with E-state index >= 15 is 0 Å². The molecule has 1 aromatic heterocycles. The van der Waals surface area contributed by atoms with E-state index in [-0.39, 0.29) is 5.97 Å². The smallest absolute Gasteiger partial charge is 0.405 e. The molecule has 6 nitrogen and oxygen atoms in total. The van der Waals surface area contributed by atoms with E-state index in [4.69, 9.17) is 10.2 Å². The van der Waals surface area contributed by atoms with E-state index in [2.05, 4.69) is 22.3 Å². The average Bonchev–Trinajstić information content (AvgIpc) is 2.89. The normalized spacial score (nSPS) is 9.24. The Kier molecular flexibility index (Phi) is 11.3. The zero-order valence-corrected chi connectivity index (χ0v) is 12.9. The molecule has 0 atom stereocenters. The van der Waals surface area contributed by atoms with Gasteiger partial charge < -0.3 is 19.6 Å². The molecule has 0 saturated heterocycles. The van der Waals surface area contributed by atoms with Crippen molar-refractivity contribution in [2.24, 2.45) is 5.73 Å². The van der Waals surface area contributed by atoms with Gasteiger partial charge in [0.2, 0.25) is 0 Å². The second-order valence-corrected chi connectivity index (χ2v) is 4.69. The summed E-state index contributed by atoms with van der Waals surface area (Å²) in [4.78, 5) is 20.7. The Bertz CT molecular complexity index is 415. The number of carbonyl (C=O) groups is 2. The fourth-order valence-corrected chi connectivity index (χ4v) is 1.08. The molecule has 0 spiro atoms. The first kappa shape index (κ1) is 20.9. The van der Waals surface area contributed by atoms with Crippen molar-refractivity contribution in [3.05, 3.63) is 24.2 Å². The zero-order valence-electron chi connectivity index (χ0n) is 12.9. The first-order valence-electron chi connectivity index (χ1n) is 6.15. The van der Waals surface area contributed by atoms with Gasteiger partial charge in [-0.15, -0.1) is 12.8 Å². The standard InChI is InChI=1S/C8H10O3.C5H11NO2.C2H2/c1-10-8(9)5-4-7-3-2-6-11-7;1-5(2,3)8-4(6)7;1-2/h2-3,6H,4-5H2,1H3;1-3H3,(H2,6,7);1-2H. The van der Waals surface area contributed by atoms with Crippen molar-refractivity contribution in [2.45, 2.75) is 39.2 Å². The van der Waals surface area contributed by atoms with Crippen molar-refractivity contribution in [2.75, 3.05) is 7.11 Å². The molecule has 0 bridgehead atoms. The maximum absolute atomic E-state index is 10.6. The van der Waals surface area contributed by atoms with E-state index in [9.17, 15) is 9.59 Å². The average molecular weight is 297 g/mol. The molecule has 1 amide bonds. The molecule has 0 unspecified atom stereocenters. The van der Waals surface area contributed by atoms with Crippen molar-refractivity contribution < 1.29 is 23.5 Å². The highest BCUT2D eigenvalue weighted by atomic mass is 16.6. The molecule has 118 valence electrons. The maximum atomic E-state index is 10.6. The van der Waals surface area contributed by atoms with Gasteiger partial charge in [-0.25, -0.2) is 4.79 Å². The van der Waals surface area contributed by atoms with Crippen molar-refractivity contribution in [3.8, 4) is 12.8 Å². The highest BCUT2D eigenvalue weighted by molar-refractivity contribution is 5.69. The third-order valence-corrected chi connectivity index (χ3v) is 1.79. The molecule has 1 rings (SSSR count). The van der Waals surface area contributed by atoms with Crippen LogP contribution in [-0.4, -0.2) is 24.8 Å². The molecular weight excluding hydrogens is 274 g/mol. The Morgan fingerprint density at radius 3 is 2.19 bits per heavy atom. The molecule has 0 radical (unpaired) electrons. The van der Waals surface area contributed by atoms with Crippen LogP contribution < -0.4 is 5.73 Å². The van der Waals surface area contributed by atoms with Gasteiger partial charge in [-0.1, -0.05) is 0 Å². The van der Waals surface area contributed by atoms with Gasteiger partial charge in [0.1, 0.15) is 11.4 Å². The number of rotatable bonds is 3. The van der Waals surface area contributed by atoms with Crippen LogP contribution in [0.3, 0.4) is 0 Å². The topological polar surface area (TPSA) is 91.8 Å². The minimum atomic E-state index is -0.725. The number of furan rings is 1. The molecule has 0 aliphatic rings. The van der Waals surface area contributed by atoms with Gasteiger partial charge in [0.05, 0.1) is 19.8 Å². The van der Waals surface area contributed by atoms with Gasteiger partial charge >= 0.3 is 12.1 Å². The van der Waals surface area contributed by atoms with Crippen molar-refractivity contribution in [1.29, 1.82) is 0 Å². The molecular formula is C15H23NO5. The molecule has 6 heteroatoms. The summed E-state index contributed by atoms with van der Waals surface area (Å²) in [7, 11) is 1.38. The SMILES string of the molecule is C#C.CC(C)(C)OC(N)=O.COC(=O)CCc1ccco1. The lowest BCUT2D eigenvalue weighted by Gasteiger charge is -2.16. The first-order chi connectivity index (χ1) is 9.74. The second-order valence-electron chi connectivity index (χ2n) is 4.69. The van der Waals surface area contributed by atoms with Gasteiger partial charge in [-0.3, -0.25) is 4.79 Å². The third kappa shape index (κ3) is 15.5. The predicted molar refractivity (Wildman–Crippen MR) is 79.4 cm³/mol. The van der Waals surface area contributed by atoms with Crippen LogP contribution in [0.25, 0.3) is 0 Å². The minimum Gasteiger partial charge on any atom is -0.469 e. The second kappa shape index (κ2) is 11.4. The molecule has 0 saturated carbocycles. The Balaban J connectivity index is 0. The summed E-state index contributed by atoms with van der Waals surface area (Å²) in [6.07, 6.45) is 9.86. The van der Waals surface area contributed by atoms with Gasteiger partial charge in [0, 0.05) is 6.42 Å². The van der Waals surface area contributed by atoms with Crippen LogP contribution >= 0.6 is 0 Å². The monoisotopic (exact) mass is 297 g/mol. The fraction of sp³-hybridized carbons (Fsp3) is 0.467. The summed E-state index contributed by atoms with van der Waals surface area (Å²) in [5, 5.41) is 0. The number of methoxy groups -OCH3 is 1. The Morgan fingerprint density at radius 1 is 1.33 bits per heavy atom. The number of amides is 1.